The number of nitrogens with one attached hydrogen (secondary N) is 1. The van der Waals surface area contributed by atoms with E-state index in [1.807, 2.05) is 6.08 Å². The summed E-state index contributed by atoms with van der Waals surface area (Å²) < 4.78 is 0. The number of rotatable bonds is 34. The van der Waals surface area contributed by atoms with Crippen molar-refractivity contribution in [1.82, 2.24) is 5.32 Å². The standard InChI is InChI=1S/C41H75NO3/c1-3-5-7-9-11-13-15-17-19-21-23-25-27-29-31-33-35-37-41(45)42-39(38-43)40(44)36-34-32-30-28-26-24-22-20-18-16-14-12-10-8-6-4-2/h17-20,26,28,34,36,39-40,43-44H,3-16,21-25,27,29-33,35,37-38H2,1-2H3,(H,42,45)/b19-17-,20-18+,28-26+,36-34+. The molecule has 0 aromatic carbocycles. The van der Waals surface area contributed by atoms with E-state index in [1.54, 1.807) is 6.08 Å². The van der Waals surface area contributed by atoms with E-state index in [1.165, 1.54) is 128 Å². The molecule has 4 heteroatoms. The monoisotopic (exact) mass is 630 g/mol. The molecule has 3 N–H and O–H groups in total. The Morgan fingerprint density at radius 2 is 0.867 bits per heavy atom. The fraction of sp³-hybridized carbons (Fsp3) is 0.780. The highest BCUT2D eigenvalue weighted by Crippen LogP contribution is 2.12. The summed E-state index contributed by atoms with van der Waals surface area (Å²) in [5.74, 6) is -0.0850. The summed E-state index contributed by atoms with van der Waals surface area (Å²) in [6.07, 6.45) is 49.1. The van der Waals surface area contributed by atoms with E-state index < -0.39 is 12.1 Å². The molecular weight excluding hydrogens is 554 g/mol. The van der Waals surface area contributed by atoms with Gasteiger partial charge in [0.1, 0.15) is 0 Å². The van der Waals surface area contributed by atoms with E-state index in [-0.39, 0.29) is 12.5 Å². The zero-order chi connectivity index (χ0) is 32.9. The van der Waals surface area contributed by atoms with E-state index in [4.69, 9.17) is 0 Å². The van der Waals surface area contributed by atoms with Crippen LogP contribution in [0.2, 0.25) is 0 Å². The average molecular weight is 630 g/mol. The SMILES string of the molecule is CCCCCCCC/C=C\CCCCCCCCCC(=O)NC(CO)C(O)/C=C/CC/C=C/CC/C=C/CCCCCCCC. The van der Waals surface area contributed by atoms with Crippen molar-refractivity contribution in [2.75, 3.05) is 6.61 Å². The summed E-state index contributed by atoms with van der Waals surface area (Å²) in [5.41, 5.74) is 0. The molecule has 45 heavy (non-hydrogen) atoms. The largest absolute Gasteiger partial charge is 0.394 e. The fourth-order valence-corrected chi connectivity index (χ4v) is 5.50. The molecule has 262 valence electrons. The van der Waals surface area contributed by atoms with E-state index in [0.717, 1.165) is 38.5 Å². The highest BCUT2D eigenvalue weighted by molar-refractivity contribution is 5.76. The first kappa shape index (κ1) is 43.4. The second kappa shape index (κ2) is 36.8. The van der Waals surface area contributed by atoms with Crippen LogP contribution in [0.25, 0.3) is 0 Å². The molecule has 0 aromatic rings. The number of aliphatic hydroxyl groups excluding tert-OH is 2. The Labute approximate surface area is 280 Å². The molecular formula is C41H75NO3. The third-order valence-corrected chi connectivity index (χ3v) is 8.51. The number of amides is 1. The molecule has 1 amide bonds. The van der Waals surface area contributed by atoms with Gasteiger partial charge in [-0.05, 0) is 70.6 Å². The Morgan fingerprint density at radius 1 is 0.511 bits per heavy atom. The molecule has 0 spiro atoms. The second-order valence-electron chi connectivity index (χ2n) is 13.0. The van der Waals surface area contributed by atoms with Crippen LogP contribution in [0.3, 0.4) is 0 Å². The molecule has 0 saturated carbocycles. The number of unbranched alkanes of at least 4 members (excludes halogenated alkanes) is 21. The molecule has 4 nitrogen and oxygen atoms in total. The Hall–Kier alpha value is -1.65. The van der Waals surface area contributed by atoms with E-state index in [2.05, 4.69) is 55.6 Å². The van der Waals surface area contributed by atoms with Crippen LogP contribution in [0.1, 0.15) is 187 Å². The van der Waals surface area contributed by atoms with Crippen LogP contribution in [0.5, 0.6) is 0 Å². The van der Waals surface area contributed by atoms with Crippen LogP contribution in [-0.4, -0.2) is 34.9 Å². The van der Waals surface area contributed by atoms with Crippen molar-refractivity contribution in [1.29, 1.82) is 0 Å². The summed E-state index contributed by atoms with van der Waals surface area (Å²) in [4.78, 5) is 12.3. The number of hydrogen-bond acceptors (Lipinski definition) is 3. The molecule has 0 aromatic heterocycles. The maximum Gasteiger partial charge on any atom is 0.220 e. The Balaban J connectivity index is 3.70. The highest BCUT2D eigenvalue weighted by atomic mass is 16.3. The van der Waals surface area contributed by atoms with Gasteiger partial charge in [0.2, 0.25) is 5.91 Å². The lowest BCUT2D eigenvalue weighted by molar-refractivity contribution is -0.123. The predicted octanol–water partition coefficient (Wildman–Crippen LogP) is 11.6. The van der Waals surface area contributed by atoms with Crippen LogP contribution in [-0.2, 0) is 4.79 Å². The molecule has 0 heterocycles. The van der Waals surface area contributed by atoms with E-state index in [0.29, 0.717) is 6.42 Å². The van der Waals surface area contributed by atoms with Crippen LogP contribution < -0.4 is 5.32 Å². The molecule has 0 radical (unpaired) electrons. The van der Waals surface area contributed by atoms with E-state index in [9.17, 15) is 15.0 Å². The number of carbonyl (C=O) groups is 1. The van der Waals surface area contributed by atoms with Gasteiger partial charge in [0.05, 0.1) is 18.8 Å². The van der Waals surface area contributed by atoms with Crippen LogP contribution in [0.15, 0.2) is 48.6 Å². The van der Waals surface area contributed by atoms with Crippen molar-refractivity contribution in [3.63, 3.8) is 0 Å². The van der Waals surface area contributed by atoms with Gasteiger partial charge in [0, 0.05) is 6.42 Å². The molecule has 0 saturated heterocycles. The van der Waals surface area contributed by atoms with Gasteiger partial charge in [-0.2, -0.15) is 0 Å². The van der Waals surface area contributed by atoms with Crippen molar-refractivity contribution >= 4 is 5.91 Å². The predicted molar refractivity (Wildman–Crippen MR) is 198 cm³/mol. The van der Waals surface area contributed by atoms with Gasteiger partial charge < -0.3 is 15.5 Å². The maximum atomic E-state index is 12.3. The fourth-order valence-electron chi connectivity index (χ4n) is 5.50. The average Bonchev–Trinajstić information content (AvgIpc) is 3.04. The molecule has 0 bridgehead atoms. The van der Waals surface area contributed by atoms with Crippen molar-refractivity contribution in [3.05, 3.63) is 48.6 Å². The zero-order valence-corrected chi connectivity index (χ0v) is 29.9. The number of aliphatic hydroxyl groups is 2. The lowest BCUT2D eigenvalue weighted by atomic mass is 10.1. The van der Waals surface area contributed by atoms with Gasteiger partial charge in [-0.3, -0.25) is 4.79 Å². The Bertz CT molecular complexity index is 726. The molecule has 0 aliphatic heterocycles. The molecule has 0 fully saturated rings. The lowest BCUT2D eigenvalue weighted by Crippen LogP contribution is -2.45. The van der Waals surface area contributed by atoms with Crippen molar-refractivity contribution in [2.45, 2.75) is 199 Å². The van der Waals surface area contributed by atoms with Crippen LogP contribution in [0.4, 0.5) is 0 Å². The minimum Gasteiger partial charge on any atom is -0.394 e. The molecule has 0 aliphatic rings. The summed E-state index contributed by atoms with van der Waals surface area (Å²) in [7, 11) is 0. The third-order valence-electron chi connectivity index (χ3n) is 8.51. The van der Waals surface area contributed by atoms with Crippen molar-refractivity contribution < 1.29 is 15.0 Å². The summed E-state index contributed by atoms with van der Waals surface area (Å²) in [6, 6.07) is -0.646. The van der Waals surface area contributed by atoms with Gasteiger partial charge in [0.15, 0.2) is 0 Å². The first-order valence-corrected chi connectivity index (χ1v) is 19.4. The minimum absolute atomic E-state index is 0.0850. The summed E-state index contributed by atoms with van der Waals surface area (Å²) in [6.45, 7) is 4.26. The normalized spacial score (nSPS) is 13.6. The quantitative estimate of drug-likeness (QED) is 0.0490. The smallest absolute Gasteiger partial charge is 0.220 e. The minimum atomic E-state index is -0.870. The van der Waals surface area contributed by atoms with Crippen molar-refractivity contribution in [2.24, 2.45) is 0 Å². The number of carbonyl (C=O) groups excluding carboxylic acids is 1. The number of allylic oxidation sites excluding steroid dienone is 7. The van der Waals surface area contributed by atoms with Gasteiger partial charge in [0.25, 0.3) is 0 Å². The van der Waals surface area contributed by atoms with Gasteiger partial charge >= 0.3 is 0 Å². The molecule has 0 rings (SSSR count). The molecule has 0 aliphatic carbocycles. The third kappa shape index (κ3) is 33.5. The summed E-state index contributed by atoms with van der Waals surface area (Å²) in [5, 5.41) is 22.9. The lowest BCUT2D eigenvalue weighted by Gasteiger charge is -2.19. The summed E-state index contributed by atoms with van der Waals surface area (Å²) >= 11 is 0. The zero-order valence-electron chi connectivity index (χ0n) is 29.9. The second-order valence-corrected chi connectivity index (χ2v) is 13.0. The molecule has 2 unspecified atom stereocenters. The molecule has 2 atom stereocenters. The van der Waals surface area contributed by atoms with Gasteiger partial charge in [-0.25, -0.2) is 0 Å². The van der Waals surface area contributed by atoms with Gasteiger partial charge in [-0.15, -0.1) is 0 Å². The van der Waals surface area contributed by atoms with Crippen LogP contribution in [0, 0.1) is 0 Å². The Kier molecular flexibility index (Phi) is 35.5. The van der Waals surface area contributed by atoms with Crippen LogP contribution >= 0.6 is 0 Å². The highest BCUT2D eigenvalue weighted by Gasteiger charge is 2.17. The van der Waals surface area contributed by atoms with E-state index >= 15 is 0 Å². The van der Waals surface area contributed by atoms with Crippen molar-refractivity contribution in [3.8, 4) is 0 Å². The first-order valence-electron chi connectivity index (χ1n) is 19.4. The van der Waals surface area contributed by atoms with Gasteiger partial charge in [-0.1, -0.05) is 159 Å². The Morgan fingerprint density at radius 3 is 1.29 bits per heavy atom. The maximum absolute atomic E-state index is 12.3. The number of hydrogen-bond donors (Lipinski definition) is 3. The first-order chi connectivity index (χ1) is 22.2. The topological polar surface area (TPSA) is 69.6 Å².